The minimum absolute atomic E-state index is 0.0102. The van der Waals surface area contributed by atoms with E-state index in [1.807, 2.05) is 39.8 Å². The number of carbonyl (C=O) groups is 4. The van der Waals surface area contributed by atoms with Crippen LogP contribution in [0.5, 0.6) is 0 Å². The molecule has 4 rings (SSSR count). The summed E-state index contributed by atoms with van der Waals surface area (Å²) in [6.07, 6.45) is 5.07. The Morgan fingerprint density at radius 2 is 1.64 bits per heavy atom. The molecule has 1 aliphatic carbocycles. The summed E-state index contributed by atoms with van der Waals surface area (Å²) in [6.45, 7) is 13.4. The fourth-order valence-electron chi connectivity index (χ4n) is 9.54. The van der Waals surface area contributed by atoms with E-state index in [2.05, 4.69) is 6.92 Å². The average Bonchev–Trinajstić information content (AvgIpc) is 3.15. The molecule has 12 heteroatoms. The summed E-state index contributed by atoms with van der Waals surface area (Å²) in [5, 5.41) is 34.0. The largest absolute Gasteiger partial charge is 0.456 e. The van der Waals surface area contributed by atoms with Gasteiger partial charge in [0.15, 0.2) is 0 Å². The van der Waals surface area contributed by atoms with E-state index in [1.54, 1.807) is 28.1 Å². The molecular formula is C43H69NO11. The Hall–Kier alpha value is -2.48. The number of aliphatic hydroxyl groups excluding tert-OH is 2. The summed E-state index contributed by atoms with van der Waals surface area (Å²) in [6, 6.07) is -1.11. The summed E-state index contributed by atoms with van der Waals surface area (Å²) >= 11 is 0. The number of piperidine rings is 1. The van der Waals surface area contributed by atoms with Crippen LogP contribution in [0.15, 0.2) is 23.3 Å². The molecule has 3 N–H and O–H groups in total. The van der Waals surface area contributed by atoms with Crippen LogP contribution >= 0.6 is 0 Å². The zero-order valence-electron chi connectivity index (χ0n) is 34.7. The number of Topliss-reactive ketones (excluding diaryl/α,β-unsaturated/α-hetero) is 2. The second kappa shape index (κ2) is 19.8. The number of ketones is 2. The number of methoxy groups -OCH3 is 2. The molecule has 0 spiro atoms. The summed E-state index contributed by atoms with van der Waals surface area (Å²) in [5.74, 6) is -7.17. The molecule has 312 valence electrons. The van der Waals surface area contributed by atoms with Crippen LogP contribution in [-0.4, -0.2) is 113 Å². The van der Waals surface area contributed by atoms with Crippen LogP contribution < -0.4 is 0 Å². The number of hydrogen-bond acceptors (Lipinski definition) is 11. The zero-order valence-corrected chi connectivity index (χ0v) is 34.7. The highest BCUT2D eigenvalue weighted by atomic mass is 16.7. The number of esters is 1. The van der Waals surface area contributed by atoms with E-state index in [-0.39, 0.29) is 49.0 Å². The van der Waals surface area contributed by atoms with E-state index < -0.39 is 77.8 Å². The predicted octanol–water partition coefficient (Wildman–Crippen LogP) is 5.09. The first-order chi connectivity index (χ1) is 25.9. The third kappa shape index (κ3) is 10.7. The van der Waals surface area contributed by atoms with E-state index in [1.165, 1.54) is 4.90 Å². The number of ether oxygens (including phenoxy) is 4. The van der Waals surface area contributed by atoms with Gasteiger partial charge in [-0.15, -0.1) is 0 Å². The highest BCUT2D eigenvalue weighted by Gasteiger charge is 2.55. The maximum atomic E-state index is 14.3. The lowest BCUT2D eigenvalue weighted by Gasteiger charge is -2.46. The number of aliphatic hydroxyl groups is 3. The third-order valence-electron chi connectivity index (χ3n) is 12.9. The normalized spacial score (nSPS) is 42.1. The van der Waals surface area contributed by atoms with Crippen molar-refractivity contribution in [1.82, 2.24) is 4.90 Å². The Morgan fingerprint density at radius 3 is 2.29 bits per heavy atom. The van der Waals surface area contributed by atoms with Gasteiger partial charge in [0.05, 0.1) is 30.5 Å². The second-order valence-electron chi connectivity index (χ2n) is 17.4. The maximum Gasteiger partial charge on any atom is 0.329 e. The lowest BCUT2D eigenvalue weighted by Crippen LogP contribution is -2.63. The molecule has 12 nitrogen and oxygen atoms in total. The molecule has 4 aliphatic rings. The number of carbonyl (C=O) groups excluding carboxylic acids is 4. The first-order valence-corrected chi connectivity index (χ1v) is 20.7. The first-order valence-electron chi connectivity index (χ1n) is 20.7. The van der Waals surface area contributed by atoms with Crippen LogP contribution in [0, 0.1) is 35.5 Å². The summed E-state index contributed by atoms with van der Waals surface area (Å²) < 4.78 is 24.0. The van der Waals surface area contributed by atoms with E-state index in [0.29, 0.717) is 63.4 Å². The SMILES string of the molecule is CC[C@@H]1/C=C(\C)C[C@H](C)CC(OC)[C@@H]2O[C@@](O)(C(=O)C(=O)N3CCCC[C@H]3C(=O)O[C@H](/C(C)=C/C3CC[C@@H](O)[C@H](OC)C3)[C@H](C)[C@@H](O)CC1=O)[C@H](C)C[C@@H]2C. The molecule has 0 radical (unpaired) electrons. The lowest BCUT2D eigenvalue weighted by molar-refractivity contribution is -0.290. The Bertz CT molecular complexity index is 1410. The van der Waals surface area contributed by atoms with Gasteiger partial charge in [-0.25, -0.2) is 4.79 Å². The first kappa shape index (κ1) is 45.2. The Kier molecular flexibility index (Phi) is 16.3. The van der Waals surface area contributed by atoms with Crippen molar-refractivity contribution in [2.75, 3.05) is 20.8 Å². The Morgan fingerprint density at radius 1 is 0.945 bits per heavy atom. The highest BCUT2D eigenvalue weighted by Crippen LogP contribution is 2.40. The van der Waals surface area contributed by atoms with Crippen molar-refractivity contribution in [3.63, 3.8) is 0 Å². The molecule has 1 amide bonds. The van der Waals surface area contributed by atoms with Crippen molar-refractivity contribution in [2.24, 2.45) is 35.5 Å². The molecule has 2 unspecified atom stereocenters. The maximum absolute atomic E-state index is 14.3. The number of hydrogen-bond donors (Lipinski definition) is 3. The third-order valence-corrected chi connectivity index (χ3v) is 12.9. The number of rotatable bonds is 5. The van der Waals surface area contributed by atoms with Gasteiger partial charge >= 0.3 is 5.97 Å². The standard InChI is InChI=1S/C43H69NO11/c1-10-31-18-24(2)17-25(3)19-37(53-9)39-26(4)20-28(6)43(51,55-39)40(48)41(49)44-16-12-11-13-32(44)42(50)54-38(29(7)34(46)23-35(31)47)27(5)21-30-14-15-33(45)36(22-30)52-8/h18,21,25-26,28-34,36-39,45-46,51H,10-17,19-20,22-23H2,1-9H3/b24-18+,27-21+/t25-,26-,28+,29+,30?,31+,32-,33+,34-,36+,37?,38+,39+,43+/m0/s1. The molecule has 55 heavy (non-hydrogen) atoms. The molecule has 0 aromatic rings. The fraction of sp³-hybridized carbons (Fsp3) is 0.814. The van der Waals surface area contributed by atoms with Crippen molar-refractivity contribution < 1.29 is 53.4 Å². The van der Waals surface area contributed by atoms with Crippen molar-refractivity contribution >= 4 is 23.4 Å². The quantitative estimate of drug-likeness (QED) is 0.193. The van der Waals surface area contributed by atoms with Gasteiger partial charge < -0.3 is 39.2 Å². The fourth-order valence-corrected chi connectivity index (χ4v) is 9.54. The number of fused-ring (bicyclic) bond motifs is 3. The lowest BCUT2D eigenvalue weighted by atomic mass is 9.78. The van der Waals surface area contributed by atoms with Crippen LogP contribution in [0.2, 0.25) is 0 Å². The van der Waals surface area contributed by atoms with Crippen molar-refractivity contribution in [3.8, 4) is 0 Å². The van der Waals surface area contributed by atoms with E-state index in [9.17, 15) is 34.5 Å². The monoisotopic (exact) mass is 775 g/mol. The second-order valence-corrected chi connectivity index (χ2v) is 17.4. The van der Waals surface area contributed by atoms with E-state index in [4.69, 9.17) is 18.9 Å². The smallest absolute Gasteiger partial charge is 0.329 e. The van der Waals surface area contributed by atoms with E-state index in [0.717, 1.165) is 5.57 Å². The van der Waals surface area contributed by atoms with Crippen LogP contribution in [0.4, 0.5) is 0 Å². The van der Waals surface area contributed by atoms with Gasteiger partial charge in [0, 0.05) is 44.9 Å². The molecule has 2 bridgehead atoms. The molecule has 3 fully saturated rings. The molecule has 0 aromatic carbocycles. The van der Waals surface area contributed by atoms with Crippen molar-refractivity contribution in [3.05, 3.63) is 23.3 Å². The van der Waals surface area contributed by atoms with Crippen molar-refractivity contribution in [2.45, 2.75) is 168 Å². The summed E-state index contributed by atoms with van der Waals surface area (Å²) in [7, 11) is 3.14. The highest BCUT2D eigenvalue weighted by molar-refractivity contribution is 6.39. The molecule has 14 atom stereocenters. The van der Waals surface area contributed by atoms with Gasteiger partial charge in [0.2, 0.25) is 5.79 Å². The topological polar surface area (TPSA) is 169 Å². The van der Waals surface area contributed by atoms with Crippen LogP contribution in [-0.2, 0) is 38.1 Å². The van der Waals surface area contributed by atoms with Gasteiger partial charge in [-0.05, 0) is 101 Å². The zero-order chi connectivity index (χ0) is 40.8. The molecular weight excluding hydrogens is 706 g/mol. The van der Waals surface area contributed by atoms with Crippen LogP contribution in [0.25, 0.3) is 0 Å². The van der Waals surface area contributed by atoms with Crippen molar-refractivity contribution in [1.29, 1.82) is 0 Å². The van der Waals surface area contributed by atoms with Crippen LogP contribution in [0.1, 0.15) is 119 Å². The Labute approximate surface area is 328 Å². The van der Waals surface area contributed by atoms with Crippen LogP contribution in [0.3, 0.4) is 0 Å². The minimum atomic E-state index is -2.42. The number of amides is 1. The van der Waals surface area contributed by atoms with Gasteiger partial charge in [-0.1, -0.05) is 52.3 Å². The molecule has 2 saturated heterocycles. The predicted molar refractivity (Wildman–Crippen MR) is 206 cm³/mol. The number of nitrogens with zero attached hydrogens (tertiary/aromatic N) is 1. The molecule has 3 aliphatic heterocycles. The number of allylic oxidation sites excluding steroid dienone is 3. The minimum Gasteiger partial charge on any atom is -0.456 e. The van der Waals surface area contributed by atoms with Gasteiger partial charge in [0.25, 0.3) is 11.7 Å². The van der Waals surface area contributed by atoms with Gasteiger partial charge in [0.1, 0.15) is 17.9 Å². The summed E-state index contributed by atoms with van der Waals surface area (Å²) in [5.41, 5.74) is 1.70. The van der Waals surface area contributed by atoms with Gasteiger partial charge in [-0.2, -0.15) is 0 Å². The molecule has 3 heterocycles. The number of cyclic esters (lactones) is 1. The average molecular weight is 776 g/mol. The molecule has 0 aromatic heterocycles. The van der Waals surface area contributed by atoms with Gasteiger partial charge in [-0.3, -0.25) is 14.4 Å². The summed E-state index contributed by atoms with van der Waals surface area (Å²) in [4.78, 5) is 57.5. The Balaban J connectivity index is 1.75. The molecule has 1 saturated carbocycles. The van der Waals surface area contributed by atoms with E-state index >= 15 is 0 Å².